The minimum absolute atomic E-state index is 0.0741. The third kappa shape index (κ3) is 4.02. The number of amides is 1. The Morgan fingerprint density at radius 1 is 1.10 bits per heavy atom. The average molecular weight is 270 g/mol. The Hall–Kier alpha value is -2.49. The van der Waals surface area contributed by atoms with Gasteiger partial charge in [0.2, 0.25) is 5.91 Å². The quantitative estimate of drug-likeness (QED) is 0.876. The van der Waals surface area contributed by atoms with Crippen molar-refractivity contribution in [3.8, 4) is 5.75 Å². The molecule has 2 aromatic rings. The molecule has 0 radical (unpaired) electrons. The molecular formula is C16H18N2O2. The van der Waals surface area contributed by atoms with Crippen molar-refractivity contribution in [2.45, 2.75) is 13.5 Å². The molecule has 0 unspecified atom stereocenters. The van der Waals surface area contributed by atoms with Crippen molar-refractivity contribution < 1.29 is 9.53 Å². The first-order valence-electron chi connectivity index (χ1n) is 6.42. The molecule has 0 bridgehead atoms. The van der Waals surface area contributed by atoms with Crippen molar-refractivity contribution in [1.82, 2.24) is 0 Å². The van der Waals surface area contributed by atoms with Crippen molar-refractivity contribution >= 4 is 17.3 Å². The summed E-state index contributed by atoms with van der Waals surface area (Å²) in [5.41, 5.74) is 2.88. The second-order valence-corrected chi connectivity index (χ2v) is 4.47. The standard InChI is InChI=1S/C16H18N2O2/c1-12(19)18-15-7-4-6-14(10-15)17-11-13-5-3-8-16(9-13)20-2/h3-10,17H,11H2,1-2H3,(H,18,19). The van der Waals surface area contributed by atoms with Crippen molar-refractivity contribution in [2.75, 3.05) is 17.7 Å². The van der Waals surface area contributed by atoms with Crippen LogP contribution in [0.3, 0.4) is 0 Å². The molecule has 2 rings (SSSR count). The molecule has 0 heterocycles. The van der Waals surface area contributed by atoms with Crippen LogP contribution < -0.4 is 15.4 Å². The van der Waals surface area contributed by atoms with Gasteiger partial charge in [-0.25, -0.2) is 0 Å². The molecule has 0 spiro atoms. The zero-order valence-electron chi connectivity index (χ0n) is 11.6. The van der Waals surface area contributed by atoms with E-state index in [1.54, 1.807) is 7.11 Å². The van der Waals surface area contributed by atoms with Crippen LogP contribution in [0.25, 0.3) is 0 Å². The van der Waals surface area contributed by atoms with Crippen LogP contribution in [0.2, 0.25) is 0 Å². The number of methoxy groups -OCH3 is 1. The van der Waals surface area contributed by atoms with Gasteiger partial charge in [0.05, 0.1) is 7.11 Å². The summed E-state index contributed by atoms with van der Waals surface area (Å²) >= 11 is 0. The van der Waals surface area contributed by atoms with Gasteiger partial charge in [-0.15, -0.1) is 0 Å². The fraction of sp³-hybridized carbons (Fsp3) is 0.188. The fourth-order valence-corrected chi connectivity index (χ4v) is 1.90. The second-order valence-electron chi connectivity index (χ2n) is 4.47. The lowest BCUT2D eigenvalue weighted by Crippen LogP contribution is -2.06. The molecule has 4 nitrogen and oxygen atoms in total. The maximum Gasteiger partial charge on any atom is 0.221 e. The van der Waals surface area contributed by atoms with Crippen molar-refractivity contribution in [3.05, 3.63) is 54.1 Å². The summed E-state index contributed by atoms with van der Waals surface area (Å²) in [6.45, 7) is 2.19. The first-order valence-corrected chi connectivity index (χ1v) is 6.42. The van der Waals surface area contributed by atoms with Crippen LogP contribution >= 0.6 is 0 Å². The molecule has 0 fully saturated rings. The summed E-state index contributed by atoms with van der Waals surface area (Å²) < 4.78 is 5.19. The molecule has 20 heavy (non-hydrogen) atoms. The van der Waals surface area contributed by atoms with Crippen LogP contribution in [0.4, 0.5) is 11.4 Å². The van der Waals surface area contributed by atoms with E-state index in [2.05, 4.69) is 10.6 Å². The Labute approximate surface area is 118 Å². The summed E-state index contributed by atoms with van der Waals surface area (Å²) in [6.07, 6.45) is 0. The Morgan fingerprint density at radius 3 is 2.60 bits per heavy atom. The Bertz CT molecular complexity index is 597. The van der Waals surface area contributed by atoms with Gasteiger partial charge in [-0.1, -0.05) is 18.2 Å². The molecule has 0 saturated heterocycles. The van der Waals surface area contributed by atoms with E-state index in [0.29, 0.717) is 6.54 Å². The van der Waals surface area contributed by atoms with Crippen LogP contribution in [0.1, 0.15) is 12.5 Å². The minimum atomic E-state index is -0.0741. The molecule has 0 aliphatic carbocycles. The number of hydrogen-bond donors (Lipinski definition) is 2. The van der Waals surface area contributed by atoms with E-state index in [1.165, 1.54) is 6.92 Å². The number of carbonyl (C=O) groups excluding carboxylic acids is 1. The van der Waals surface area contributed by atoms with E-state index in [0.717, 1.165) is 22.7 Å². The van der Waals surface area contributed by atoms with Gasteiger partial charge in [0, 0.05) is 24.8 Å². The normalized spacial score (nSPS) is 9.90. The highest BCUT2D eigenvalue weighted by molar-refractivity contribution is 5.89. The maximum absolute atomic E-state index is 11.0. The highest BCUT2D eigenvalue weighted by Gasteiger charge is 1.99. The van der Waals surface area contributed by atoms with Crippen LogP contribution in [0.5, 0.6) is 5.75 Å². The Kier molecular flexibility index (Phi) is 4.60. The third-order valence-electron chi connectivity index (χ3n) is 2.81. The number of carbonyl (C=O) groups is 1. The molecule has 2 N–H and O–H groups in total. The predicted molar refractivity (Wildman–Crippen MR) is 81.1 cm³/mol. The lowest BCUT2D eigenvalue weighted by Gasteiger charge is -2.09. The van der Waals surface area contributed by atoms with E-state index < -0.39 is 0 Å². The predicted octanol–water partition coefficient (Wildman–Crippen LogP) is 3.27. The van der Waals surface area contributed by atoms with Crippen LogP contribution in [0.15, 0.2) is 48.5 Å². The summed E-state index contributed by atoms with van der Waals surface area (Å²) in [4.78, 5) is 11.0. The number of hydrogen-bond acceptors (Lipinski definition) is 3. The molecule has 0 aromatic heterocycles. The molecule has 0 aliphatic rings. The van der Waals surface area contributed by atoms with E-state index in [1.807, 2.05) is 48.5 Å². The van der Waals surface area contributed by atoms with E-state index in [-0.39, 0.29) is 5.91 Å². The first-order chi connectivity index (χ1) is 9.67. The van der Waals surface area contributed by atoms with Crippen molar-refractivity contribution in [1.29, 1.82) is 0 Å². The average Bonchev–Trinajstić information content (AvgIpc) is 2.45. The van der Waals surface area contributed by atoms with Crippen LogP contribution in [-0.2, 0) is 11.3 Å². The summed E-state index contributed by atoms with van der Waals surface area (Å²) in [5, 5.41) is 6.08. The number of nitrogens with one attached hydrogen (secondary N) is 2. The van der Waals surface area contributed by atoms with Gasteiger partial charge in [-0.2, -0.15) is 0 Å². The zero-order valence-corrected chi connectivity index (χ0v) is 11.6. The van der Waals surface area contributed by atoms with Crippen LogP contribution in [0, 0.1) is 0 Å². The van der Waals surface area contributed by atoms with E-state index in [9.17, 15) is 4.79 Å². The summed E-state index contributed by atoms with van der Waals surface area (Å²) in [6, 6.07) is 15.5. The Morgan fingerprint density at radius 2 is 1.85 bits per heavy atom. The third-order valence-corrected chi connectivity index (χ3v) is 2.81. The highest BCUT2D eigenvalue weighted by atomic mass is 16.5. The highest BCUT2D eigenvalue weighted by Crippen LogP contribution is 2.17. The van der Waals surface area contributed by atoms with Crippen molar-refractivity contribution in [3.63, 3.8) is 0 Å². The van der Waals surface area contributed by atoms with Gasteiger partial charge in [0.25, 0.3) is 0 Å². The van der Waals surface area contributed by atoms with E-state index >= 15 is 0 Å². The largest absolute Gasteiger partial charge is 0.497 e. The van der Waals surface area contributed by atoms with Gasteiger partial charge in [0.15, 0.2) is 0 Å². The maximum atomic E-state index is 11.0. The zero-order chi connectivity index (χ0) is 14.4. The monoisotopic (exact) mass is 270 g/mol. The molecule has 0 saturated carbocycles. The van der Waals surface area contributed by atoms with Gasteiger partial charge in [-0.05, 0) is 35.9 Å². The molecule has 4 heteroatoms. The molecule has 0 aliphatic heterocycles. The second kappa shape index (κ2) is 6.61. The van der Waals surface area contributed by atoms with E-state index in [4.69, 9.17) is 4.74 Å². The molecule has 104 valence electrons. The SMILES string of the molecule is COc1cccc(CNc2cccc(NC(C)=O)c2)c1. The number of rotatable bonds is 5. The van der Waals surface area contributed by atoms with Gasteiger partial charge in [0.1, 0.15) is 5.75 Å². The molecular weight excluding hydrogens is 252 g/mol. The summed E-state index contributed by atoms with van der Waals surface area (Å²) in [7, 11) is 1.66. The van der Waals surface area contributed by atoms with Crippen LogP contribution in [-0.4, -0.2) is 13.0 Å². The fourth-order valence-electron chi connectivity index (χ4n) is 1.90. The lowest BCUT2D eigenvalue weighted by molar-refractivity contribution is -0.114. The topological polar surface area (TPSA) is 50.4 Å². The number of benzene rings is 2. The van der Waals surface area contributed by atoms with Crippen molar-refractivity contribution in [2.24, 2.45) is 0 Å². The molecule has 0 atom stereocenters. The van der Waals surface area contributed by atoms with Gasteiger partial charge in [-0.3, -0.25) is 4.79 Å². The molecule has 1 amide bonds. The van der Waals surface area contributed by atoms with Gasteiger partial charge < -0.3 is 15.4 Å². The Balaban J connectivity index is 2.01. The smallest absolute Gasteiger partial charge is 0.221 e. The minimum Gasteiger partial charge on any atom is -0.497 e. The van der Waals surface area contributed by atoms with Gasteiger partial charge >= 0.3 is 0 Å². The number of ether oxygens (including phenoxy) is 1. The lowest BCUT2D eigenvalue weighted by atomic mass is 10.2. The summed E-state index contributed by atoms with van der Waals surface area (Å²) in [5.74, 6) is 0.770. The molecule has 2 aromatic carbocycles. The first kappa shape index (κ1) is 13.9. The number of anilines is 2.